The van der Waals surface area contributed by atoms with Gasteiger partial charge in [0.25, 0.3) is 5.91 Å². The minimum Gasteiger partial charge on any atom is -0.364 e. The van der Waals surface area contributed by atoms with Gasteiger partial charge < -0.3 is 10.6 Å². The summed E-state index contributed by atoms with van der Waals surface area (Å²) in [6, 6.07) is 10.8. The summed E-state index contributed by atoms with van der Waals surface area (Å²) < 4.78 is 1.54. The van der Waals surface area contributed by atoms with E-state index < -0.39 is 5.91 Å². The van der Waals surface area contributed by atoms with Crippen molar-refractivity contribution in [3.8, 4) is 23.6 Å². The second-order valence-electron chi connectivity index (χ2n) is 6.74. The van der Waals surface area contributed by atoms with Gasteiger partial charge in [0.2, 0.25) is 5.91 Å². The van der Waals surface area contributed by atoms with Gasteiger partial charge in [-0.05, 0) is 24.6 Å². The third-order valence-corrected chi connectivity index (χ3v) is 4.82. The maximum atomic E-state index is 12.0. The van der Waals surface area contributed by atoms with Crippen LogP contribution >= 0.6 is 0 Å². The van der Waals surface area contributed by atoms with Crippen LogP contribution in [0.4, 0.5) is 0 Å². The van der Waals surface area contributed by atoms with Gasteiger partial charge in [0.15, 0.2) is 5.69 Å². The summed E-state index contributed by atoms with van der Waals surface area (Å²) in [5, 5.41) is 13.9. The van der Waals surface area contributed by atoms with Gasteiger partial charge in [-0.2, -0.15) is 10.4 Å². The molecule has 1 saturated heterocycles. The average Bonchev–Trinajstić information content (AvgIpc) is 3.27. The van der Waals surface area contributed by atoms with Crippen LogP contribution in [0.3, 0.4) is 0 Å². The topological polar surface area (TPSA) is 118 Å². The van der Waals surface area contributed by atoms with Gasteiger partial charge in [-0.1, -0.05) is 17.9 Å². The first-order valence-corrected chi connectivity index (χ1v) is 8.93. The van der Waals surface area contributed by atoms with E-state index in [4.69, 9.17) is 11.0 Å². The normalized spacial score (nSPS) is 15.8. The summed E-state index contributed by atoms with van der Waals surface area (Å²) >= 11 is 0. The Labute approximate surface area is 166 Å². The monoisotopic (exact) mass is 384 g/mol. The maximum absolute atomic E-state index is 12.0. The molecule has 0 saturated carbocycles. The predicted molar refractivity (Wildman–Crippen MR) is 105 cm³/mol. The first-order valence-electron chi connectivity index (χ1n) is 8.93. The van der Waals surface area contributed by atoms with Crippen LogP contribution in [0.25, 0.3) is 16.6 Å². The lowest BCUT2D eigenvalue weighted by Crippen LogP contribution is -2.21. The molecule has 1 unspecified atom stereocenters. The molecule has 1 fully saturated rings. The number of aromatic nitrogens is 3. The third-order valence-electron chi connectivity index (χ3n) is 4.82. The molecule has 3 heterocycles. The first kappa shape index (κ1) is 18.2. The van der Waals surface area contributed by atoms with Crippen molar-refractivity contribution in [1.29, 1.82) is 5.26 Å². The molecule has 3 aromatic rings. The van der Waals surface area contributed by atoms with E-state index in [0.717, 1.165) is 6.42 Å². The fourth-order valence-electron chi connectivity index (χ4n) is 3.29. The van der Waals surface area contributed by atoms with Crippen molar-refractivity contribution in [2.45, 2.75) is 6.42 Å². The van der Waals surface area contributed by atoms with Gasteiger partial charge in [0.05, 0.1) is 16.6 Å². The van der Waals surface area contributed by atoms with Crippen molar-refractivity contribution >= 4 is 22.7 Å². The van der Waals surface area contributed by atoms with Crippen molar-refractivity contribution in [2.24, 2.45) is 11.7 Å². The van der Waals surface area contributed by atoms with Crippen molar-refractivity contribution in [2.75, 3.05) is 13.6 Å². The van der Waals surface area contributed by atoms with Crippen molar-refractivity contribution in [3.05, 3.63) is 53.5 Å². The Hall–Kier alpha value is -4.17. The van der Waals surface area contributed by atoms with Crippen LogP contribution in [0.1, 0.15) is 28.2 Å². The molecule has 0 bridgehead atoms. The zero-order chi connectivity index (χ0) is 20.5. The summed E-state index contributed by atoms with van der Waals surface area (Å²) in [5.74, 6) is 5.15. The van der Waals surface area contributed by atoms with E-state index >= 15 is 0 Å². The minimum atomic E-state index is -0.680. The van der Waals surface area contributed by atoms with E-state index in [9.17, 15) is 9.59 Å². The SMILES string of the molecule is CN1CCC(C#Cc2cccc(-n3nc(C(N)=O)c4cnc(C#N)cc43)c2)C1=O. The van der Waals surface area contributed by atoms with Crippen molar-refractivity contribution in [1.82, 2.24) is 19.7 Å². The number of hydrogen-bond donors (Lipinski definition) is 1. The van der Waals surface area contributed by atoms with E-state index in [0.29, 0.717) is 28.7 Å². The highest BCUT2D eigenvalue weighted by Crippen LogP contribution is 2.23. The Morgan fingerprint density at radius 1 is 1.34 bits per heavy atom. The largest absolute Gasteiger partial charge is 0.364 e. The molecule has 142 valence electrons. The zero-order valence-corrected chi connectivity index (χ0v) is 15.6. The number of likely N-dealkylation sites (tertiary alicyclic amines) is 1. The molecule has 0 aliphatic carbocycles. The number of primary amides is 1. The van der Waals surface area contributed by atoms with Crippen LogP contribution in [-0.4, -0.2) is 45.1 Å². The van der Waals surface area contributed by atoms with Crippen LogP contribution < -0.4 is 5.73 Å². The highest BCUT2D eigenvalue weighted by Gasteiger charge is 2.27. The number of nitrogens with zero attached hydrogens (tertiary/aromatic N) is 5. The fourth-order valence-corrected chi connectivity index (χ4v) is 3.29. The number of carbonyl (C=O) groups is 2. The van der Waals surface area contributed by atoms with Gasteiger partial charge in [-0.25, -0.2) is 9.67 Å². The molecule has 8 nitrogen and oxygen atoms in total. The van der Waals surface area contributed by atoms with Gasteiger partial charge in [0.1, 0.15) is 17.7 Å². The minimum absolute atomic E-state index is 0.0364. The summed E-state index contributed by atoms with van der Waals surface area (Å²) in [5.41, 5.74) is 7.64. The number of hydrogen-bond acceptors (Lipinski definition) is 5. The fraction of sp³-hybridized carbons (Fsp3) is 0.190. The Balaban J connectivity index is 1.78. The third kappa shape index (κ3) is 3.28. The molecule has 4 rings (SSSR count). The molecule has 1 aliphatic rings. The summed E-state index contributed by atoms with van der Waals surface area (Å²) in [6.07, 6.45) is 2.14. The number of nitrogens with two attached hydrogens (primary N) is 1. The lowest BCUT2D eigenvalue weighted by Gasteiger charge is -2.05. The van der Waals surface area contributed by atoms with E-state index in [2.05, 4.69) is 21.9 Å². The zero-order valence-electron chi connectivity index (χ0n) is 15.6. The molecular weight excluding hydrogens is 368 g/mol. The van der Waals surface area contributed by atoms with Crippen LogP contribution in [-0.2, 0) is 4.79 Å². The number of fused-ring (bicyclic) bond motifs is 1. The molecule has 1 aromatic carbocycles. The summed E-state index contributed by atoms with van der Waals surface area (Å²) in [4.78, 5) is 29.5. The molecule has 2 N–H and O–H groups in total. The maximum Gasteiger partial charge on any atom is 0.269 e. The first-order chi connectivity index (χ1) is 14.0. The molecule has 8 heteroatoms. The van der Waals surface area contributed by atoms with Crippen LogP contribution in [0.15, 0.2) is 36.5 Å². The number of nitriles is 1. The van der Waals surface area contributed by atoms with Gasteiger partial charge in [0, 0.05) is 31.4 Å². The number of carbonyl (C=O) groups excluding carboxylic acids is 2. The smallest absolute Gasteiger partial charge is 0.269 e. The Kier molecular flexibility index (Phi) is 4.46. The molecule has 0 radical (unpaired) electrons. The second kappa shape index (κ2) is 7.10. The number of amides is 2. The van der Waals surface area contributed by atoms with Crippen LogP contribution in [0, 0.1) is 29.1 Å². The van der Waals surface area contributed by atoms with E-state index in [1.54, 1.807) is 24.1 Å². The lowest BCUT2D eigenvalue weighted by atomic mass is 10.1. The van der Waals surface area contributed by atoms with Crippen molar-refractivity contribution in [3.63, 3.8) is 0 Å². The molecule has 1 aliphatic heterocycles. The molecule has 1 atom stereocenters. The molecule has 2 amide bonds. The van der Waals surface area contributed by atoms with Gasteiger partial charge >= 0.3 is 0 Å². The molecule has 0 spiro atoms. The Morgan fingerprint density at radius 2 is 2.17 bits per heavy atom. The quantitative estimate of drug-likeness (QED) is 0.667. The lowest BCUT2D eigenvalue weighted by molar-refractivity contribution is -0.128. The molecule has 2 aromatic heterocycles. The van der Waals surface area contributed by atoms with Crippen LogP contribution in [0.2, 0.25) is 0 Å². The number of rotatable bonds is 2. The predicted octanol–water partition coefficient (Wildman–Crippen LogP) is 1.22. The van der Waals surface area contributed by atoms with Crippen LogP contribution in [0.5, 0.6) is 0 Å². The standard InChI is InChI=1S/C21H16N6O2/c1-26-8-7-14(21(26)29)6-5-13-3-2-4-16(9-13)27-18-10-15(11-22)24-12-17(18)19(25-27)20(23)28/h2-4,9-10,12,14H,7-8H2,1H3,(H2,23,28). The highest BCUT2D eigenvalue weighted by atomic mass is 16.2. The number of benzene rings is 1. The Morgan fingerprint density at radius 3 is 2.86 bits per heavy atom. The number of pyridine rings is 1. The second-order valence-corrected chi connectivity index (χ2v) is 6.74. The van der Waals surface area contributed by atoms with Gasteiger partial charge in [-0.15, -0.1) is 0 Å². The van der Waals surface area contributed by atoms with E-state index in [-0.39, 0.29) is 23.2 Å². The summed E-state index contributed by atoms with van der Waals surface area (Å²) in [6.45, 7) is 0.711. The summed E-state index contributed by atoms with van der Waals surface area (Å²) in [7, 11) is 1.77. The Bertz CT molecular complexity index is 1260. The van der Waals surface area contributed by atoms with E-state index in [1.807, 2.05) is 24.3 Å². The van der Waals surface area contributed by atoms with E-state index in [1.165, 1.54) is 10.9 Å². The molecule has 29 heavy (non-hydrogen) atoms. The highest BCUT2D eigenvalue weighted by molar-refractivity contribution is 6.04. The average molecular weight is 384 g/mol. The van der Waals surface area contributed by atoms with Crippen molar-refractivity contribution < 1.29 is 9.59 Å². The van der Waals surface area contributed by atoms with Gasteiger partial charge in [-0.3, -0.25) is 9.59 Å². The molecular formula is C21H16N6O2.